The molecule has 0 aromatic heterocycles. The van der Waals surface area contributed by atoms with E-state index in [9.17, 15) is 4.79 Å². The average molecular weight is 175 g/mol. The second kappa shape index (κ2) is 2.59. The van der Waals surface area contributed by atoms with Gasteiger partial charge < -0.3 is 4.90 Å². The van der Waals surface area contributed by atoms with E-state index in [1.54, 1.807) is 4.90 Å². The fraction of sp³-hybridized carbons (Fsp3) is 0.364. The molecule has 0 saturated carbocycles. The molecular weight excluding hydrogens is 162 g/mol. The quantitative estimate of drug-likeness (QED) is 0.685. The molecule has 2 rings (SSSR count). The fourth-order valence-electron chi connectivity index (χ4n) is 1.54. The minimum atomic E-state index is 0.0642. The number of benzene rings is 1. The maximum Gasteiger partial charge on any atom is 0.229 e. The highest BCUT2D eigenvalue weighted by atomic mass is 16.2. The molecule has 2 aliphatic rings. The topological polar surface area (TPSA) is 20.3 Å². The van der Waals surface area contributed by atoms with Crippen LogP contribution >= 0.6 is 0 Å². The van der Waals surface area contributed by atoms with Crippen molar-refractivity contribution in [3.63, 3.8) is 0 Å². The summed E-state index contributed by atoms with van der Waals surface area (Å²) in [6.07, 6.45) is 0. The number of carbonyl (C=O) groups is 1. The van der Waals surface area contributed by atoms with Crippen LogP contribution in [0.1, 0.15) is 13.8 Å². The SMILES string of the molecule is CC(C)C(=O)N(C)c1ccc2cc1-2. The third-order valence-electron chi connectivity index (χ3n) is 2.41. The molecule has 0 bridgehead atoms. The number of nitrogens with zero attached hydrogens (tertiary/aromatic N) is 1. The van der Waals surface area contributed by atoms with Gasteiger partial charge in [-0.1, -0.05) is 19.9 Å². The Bertz CT molecular complexity index is 368. The monoisotopic (exact) mass is 175 g/mol. The van der Waals surface area contributed by atoms with E-state index in [4.69, 9.17) is 0 Å². The van der Waals surface area contributed by atoms with E-state index in [1.807, 2.05) is 27.0 Å². The van der Waals surface area contributed by atoms with Crippen molar-refractivity contribution >= 4 is 11.6 Å². The zero-order valence-corrected chi connectivity index (χ0v) is 8.16. The Balaban J connectivity index is 2.19. The van der Waals surface area contributed by atoms with Crippen LogP contribution in [-0.2, 0) is 4.79 Å². The smallest absolute Gasteiger partial charge is 0.229 e. The molecule has 0 radical (unpaired) electrons. The summed E-state index contributed by atoms with van der Waals surface area (Å²) < 4.78 is 0. The highest BCUT2D eigenvalue weighted by molar-refractivity contribution is 6.03. The summed E-state index contributed by atoms with van der Waals surface area (Å²) in [5.41, 5.74) is 3.56. The minimum Gasteiger partial charge on any atom is -0.315 e. The normalized spacial score (nSPS) is 11.7. The predicted octanol–water partition coefficient (Wildman–Crippen LogP) is 2.29. The van der Waals surface area contributed by atoms with E-state index < -0.39 is 0 Å². The summed E-state index contributed by atoms with van der Waals surface area (Å²) in [5.74, 6) is 0.239. The first-order chi connectivity index (χ1) is 6.11. The maximum absolute atomic E-state index is 11.6. The van der Waals surface area contributed by atoms with Gasteiger partial charge in [-0.25, -0.2) is 0 Å². The van der Waals surface area contributed by atoms with E-state index in [2.05, 4.69) is 12.1 Å². The van der Waals surface area contributed by atoms with Gasteiger partial charge >= 0.3 is 0 Å². The zero-order chi connectivity index (χ0) is 9.59. The van der Waals surface area contributed by atoms with Crippen LogP contribution in [0.5, 0.6) is 0 Å². The van der Waals surface area contributed by atoms with Crippen molar-refractivity contribution in [1.82, 2.24) is 0 Å². The van der Waals surface area contributed by atoms with Gasteiger partial charge in [0.25, 0.3) is 0 Å². The third-order valence-corrected chi connectivity index (χ3v) is 2.41. The molecule has 0 atom stereocenters. The van der Waals surface area contributed by atoms with Gasteiger partial charge in [0.05, 0.1) is 5.69 Å². The minimum absolute atomic E-state index is 0.0642. The van der Waals surface area contributed by atoms with Crippen molar-refractivity contribution in [3.05, 3.63) is 18.2 Å². The van der Waals surface area contributed by atoms with Crippen LogP contribution in [0.2, 0.25) is 0 Å². The zero-order valence-electron chi connectivity index (χ0n) is 8.16. The molecule has 0 saturated heterocycles. The summed E-state index contributed by atoms with van der Waals surface area (Å²) in [6, 6.07) is 6.15. The molecule has 68 valence electrons. The molecule has 0 N–H and O–H groups in total. The summed E-state index contributed by atoms with van der Waals surface area (Å²) in [5, 5.41) is 0. The molecule has 0 aromatic carbocycles. The van der Waals surface area contributed by atoms with Crippen LogP contribution in [0.3, 0.4) is 0 Å². The van der Waals surface area contributed by atoms with Crippen LogP contribution in [0, 0.1) is 5.92 Å². The Morgan fingerprint density at radius 1 is 1.38 bits per heavy atom. The van der Waals surface area contributed by atoms with Gasteiger partial charge in [0.2, 0.25) is 5.91 Å². The summed E-state index contributed by atoms with van der Waals surface area (Å²) in [4.78, 5) is 13.4. The number of fused-ring (bicyclic) bond motifs is 1. The van der Waals surface area contributed by atoms with Crippen molar-refractivity contribution in [2.24, 2.45) is 5.92 Å². The standard InChI is InChI=1S/C11H13NO/c1-7(2)11(13)12(3)10-5-4-8-6-9(8)10/h4-7H,1-3H3. The summed E-state index contributed by atoms with van der Waals surface area (Å²) >= 11 is 0. The largest absolute Gasteiger partial charge is 0.315 e. The van der Waals surface area contributed by atoms with Crippen molar-refractivity contribution in [1.29, 1.82) is 0 Å². The Morgan fingerprint density at radius 2 is 2.08 bits per heavy atom. The van der Waals surface area contributed by atoms with Gasteiger partial charge in [-0.2, -0.15) is 0 Å². The van der Waals surface area contributed by atoms with Crippen molar-refractivity contribution in [2.45, 2.75) is 13.8 Å². The van der Waals surface area contributed by atoms with E-state index >= 15 is 0 Å². The lowest BCUT2D eigenvalue weighted by Gasteiger charge is -2.18. The van der Waals surface area contributed by atoms with Crippen LogP contribution in [0.25, 0.3) is 11.1 Å². The Kier molecular flexibility index (Phi) is 1.65. The van der Waals surface area contributed by atoms with Crippen LogP contribution in [-0.4, -0.2) is 13.0 Å². The Labute approximate surface area is 78.2 Å². The average Bonchev–Trinajstić information content (AvgIpc) is 2.76. The lowest BCUT2D eigenvalue weighted by atomic mass is 10.2. The molecule has 2 aliphatic carbocycles. The summed E-state index contributed by atoms with van der Waals surface area (Å²) in [6.45, 7) is 3.84. The van der Waals surface area contributed by atoms with Crippen LogP contribution < -0.4 is 4.90 Å². The summed E-state index contributed by atoms with van der Waals surface area (Å²) in [7, 11) is 1.84. The molecule has 2 heteroatoms. The van der Waals surface area contributed by atoms with Crippen LogP contribution in [0.4, 0.5) is 5.69 Å². The number of hydrogen-bond acceptors (Lipinski definition) is 1. The molecule has 1 amide bonds. The molecule has 0 unspecified atom stereocenters. The maximum atomic E-state index is 11.6. The fourth-order valence-corrected chi connectivity index (χ4v) is 1.54. The molecule has 0 spiro atoms. The van der Waals surface area contributed by atoms with Gasteiger partial charge in [-0.05, 0) is 17.7 Å². The number of amides is 1. The van der Waals surface area contributed by atoms with Gasteiger partial charge in [0.1, 0.15) is 0 Å². The van der Waals surface area contributed by atoms with Crippen molar-refractivity contribution in [3.8, 4) is 11.1 Å². The molecule has 13 heavy (non-hydrogen) atoms. The van der Waals surface area contributed by atoms with Gasteiger partial charge in [0.15, 0.2) is 0 Å². The molecular formula is C11H13NO. The number of carbonyl (C=O) groups excluding carboxylic acids is 1. The molecule has 2 nitrogen and oxygen atoms in total. The lowest BCUT2D eigenvalue weighted by Crippen LogP contribution is -2.29. The molecule has 0 heterocycles. The van der Waals surface area contributed by atoms with E-state index in [1.165, 1.54) is 11.1 Å². The van der Waals surface area contributed by atoms with Crippen molar-refractivity contribution in [2.75, 3.05) is 11.9 Å². The molecule has 0 aliphatic heterocycles. The Hall–Kier alpha value is -1.31. The van der Waals surface area contributed by atoms with Gasteiger partial charge in [-0.15, -0.1) is 0 Å². The second-order valence-corrected chi connectivity index (χ2v) is 3.78. The number of rotatable bonds is 2. The van der Waals surface area contributed by atoms with E-state index in [0.29, 0.717) is 0 Å². The second-order valence-electron chi connectivity index (χ2n) is 3.78. The first-order valence-corrected chi connectivity index (χ1v) is 4.53. The number of hydrogen-bond donors (Lipinski definition) is 0. The first kappa shape index (κ1) is 8.30. The van der Waals surface area contributed by atoms with E-state index in [0.717, 1.165) is 5.69 Å². The number of anilines is 1. The highest BCUT2D eigenvalue weighted by Gasteiger charge is 2.23. The molecule has 0 fully saturated rings. The van der Waals surface area contributed by atoms with Crippen molar-refractivity contribution < 1.29 is 4.79 Å². The third kappa shape index (κ3) is 1.22. The van der Waals surface area contributed by atoms with E-state index in [-0.39, 0.29) is 11.8 Å². The Morgan fingerprint density at radius 3 is 2.46 bits per heavy atom. The van der Waals surface area contributed by atoms with Crippen LogP contribution in [0.15, 0.2) is 18.2 Å². The van der Waals surface area contributed by atoms with Gasteiger partial charge in [0, 0.05) is 18.5 Å². The van der Waals surface area contributed by atoms with Gasteiger partial charge in [-0.3, -0.25) is 4.79 Å². The highest BCUT2D eigenvalue weighted by Crippen LogP contribution is 2.43. The first-order valence-electron chi connectivity index (χ1n) is 4.53. The lowest BCUT2D eigenvalue weighted by molar-refractivity contribution is -0.121. The molecule has 0 aromatic rings. The predicted molar refractivity (Wildman–Crippen MR) is 53.7 cm³/mol.